The first kappa shape index (κ1) is 18.7. The minimum absolute atomic E-state index is 0.126. The number of hydrogen-bond acceptors (Lipinski definition) is 2. The van der Waals surface area contributed by atoms with Gasteiger partial charge in [-0.05, 0) is 46.0 Å². The Morgan fingerprint density at radius 2 is 1.85 bits per heavy atom. The van der Waals surface area contributed by atoms with E-state index in [0.29, 0.717) is 18.9 Å². The van der Waals surface area contributed by atoms with E-state index in [4.69, 9.17) is 4.74 Å². The molecule has 0 N–H and O–H groups in total. The van der Waals surface area contributed by atoms with Crippen molar-refractivity contribution in [3.05, 3.63) is 36.0 Å². The van der Waals surface area contributed by atoms with E-state index in [1.54, 1.807) is 0 Å². The van der Waals surface area contributed by atoms with Crippen molar-refractivity contribution in [3.8, 4) is 0 Å². The van der Waals surface area contributed by atoms with E-state index in [-0.39, 0.29) is 5.97 Å². The highest BCUT2D eigenvalue weighted by Gasteiger charge is 2.08. The van der Waals surface area contributed by atoms with E-state index >= 15 is 0 Å². The third-order valence-corrected chi connectivity index (χ3v) is 3.42. The molecule has 0 aliphatic heterocycles. The number of carbonyl (C=O) groups is 1. The molecule has 0 amide bonds. The molecule has 114 valence electrons. The van der Waals surface area contributed by atoms with Gasteiger partial charge in [0.1, 0.15) is 0 Å². The number of allylic oxidation sites excluding steroid dienone is 3. The van der Waals surface area contributed by atoms with Crippen LogP contribution in [0.5, 0.6) is 0 Å². The highest BCUT2D eigenvalue weighted by Crippen LogP contribution is 2.22. The topological polar surface area (TPSA) is 26.3 Å². The van der Waals surface area contributed by atoms with Crippen molar-refractivity contribution in [2.24, 2.45) is 5.92 Å². The molecule has 1 atom stereocenters. The Morgan fingerprint density at radius 3 is 2.35 bits per heavy atom. The molecule has 0 radical (unpaired) electrons. The molecule has 0 saturated carbocycles. The average molecular weight is 278 g/mol. The third-order valence-electron chi connectivity index (χ3n) is 3.42. The summed E-state index contributed by atoms with van der Waals surface area (Å²) in [6, 6.07) is 0. The van der Waals surface area contributed by atoms with E-state index in [1.807, 2.05) is 6.92 Å². The molecule has 0 aromatic heterocycles. The van der Waals surface area contributed by atoms with E-state index in [1.165, 1.54) is 16.7 Å². The number of carbonyl (C=O) groups excluding carboxylic acids is 1. The van der Waals surface area contributed by atoms with Gasteiger partial charge in [-0.15, -0.1) is 6.58 Å². The molecule has 0 aliphatic rings. The minimum Gasteiger partial charge on any atom is -0.465 e. The van der Waals surface area contributed by atoms with Gasteiger partial charge in [-0.3, -0.25) is 4.79 Å². The van der Waals surface area contributed by atoms with Crippen molar-refractivity contribution < 1.29 is 9.53 Å². The van der Waals surface area contributed by atoms with Gasteiger partial charge in [-0.2, -0.15) is 0 Å². The van der Waals surface area contributed by atoms with Crippen LogP contribution < -0.4 is 0 Å². The lowest BCUT2D eigenvalue weighted by atomic mass is 9.90. The van der Waals surface area contributed by atoms with Crippen LogP contribution in [0.4, 0.5) is 0 Å². The largest absolute Gasteiger partial charge is 0.465 e. The van der Waals surface area contributed by atoms with Crippen LogP contribution in [0.1, 0.15) is 59.8 Å². The zero-order valence-electron chi connectivity index (χ0n) is 13.6. The van der Waals surface area contributed by atoms with Gasteiger partial charge in [0, 0.05) is 12.8 Å². The van der Waals surface area contributed by atoms with Crippen molar-refractivity contribution in [2.45, 2.75) is 59.8 Å². The quantitative estimate of drug-likeness (QED) is 0.405. The van der Waals surface area contributed by atoms with Crippen molar-refractivity contribution in [1.29, 1.82) is 0 Å². The standard InChI is InChI=1S/C18H30O2/c1-7-18(19)20-13-12-16(6)9-11-17(15(4)5)10-8-14(2)3/h9,17H,2,4,7-8,10-13H2,1,3,5-6H3/b16-9-/t17-/m0/s1. The predicted octanol–water partition coefficient (Wildman–Crippen LogP) is 5.21. The van der Waals surface area contributed by atoms with Crippen LogP contribution in [-0.4, -0.2) is 12.6 Å². The third kappa shape index (κ3) is 9.60. The second-order valence-electron chi connectivity index (χ2n) is 5.65. The van der Waals surface area contributed by atoms with Crippen LogP contribution in [0.25, 0.3) is 0 Å². The lowest BCUT2D eigenvalue weighted by Gasteiger charge is -2.15. The molecule has 0 aliphatic carbocycles. The second kappa shape index (κ2) is 10.5. The van der Waals surface area contributed by atoms with Gasteiger partial charge in [0.05, 0.1) is 6.61 Å². The van der Waals surface area contributed by atoms with Gasteiger partial charge in [0.25, 0.3) is 0 Å². The van der Waals surface area contributed by atoms with Crippen LogP contribution in [-0.2, 0) is 9.53 Å². The smallest absolute Gasteiger partial charge is 0.305 e. The van der Waals surface area contributed by atoms with Gasteiger partial charge in [0.15, 0.2) is 0 Å². The number of ether oxygens (including phenoxy) is 1. The maximum absolute atomic E-state index is 11.0. The molecular formula is C18H30O2. The van der Waals surface area contributed by atoms with E-state index in [2.05, 4.69) is 40.0 Å². The molecule has 20 heavy (non-hydrogen) atoms. The maximum atomic E-state index is 11.0. The Hall–Kier alpha value is -1.31. The lowest BCUT2D eigenvalue weighted by molar-refractivity contribution is -0.143. The summed E-state index contributed by atoms with van der Waals surface area (Å²) in [5.74, 6) is 0.388. The number of rotatable bonds is 10. The number of esters is 1. The first-order chi connectivity index (χ1) is 9.36. The van der Waals surface area contributed by atoms with E-state index < -0.39 is 0 Å². The molecule has 0 aromatic carbocycles. The Balaban J connectivity index is 4.15. The number of hydrogen-bond donors (Lipinski definition) is 0. The summed E-state index contributed by atoms with van der Waals surface area (Å²) >= 11 is 0. The predicted molar refractivity (Wildman–Crippen MR) is 86.6 cm³/mol. The first-order valence-electron chi connectivity index (χ1n) is 7.47. The second-order valence-corrected chi connectivity index (χ2v) is 5.65. The van der Waals surface area contributed by atoms with Crippen LogP contribution in [0.2, 0.25) is 0 Å². The van der Waals surface area contributed by atoms with Crippen LogP contribution >= 0.6 is 0 Å². The van der Waals surface area contributed by atoms with Crippen LogP contribution in [0.15, 0.2) is 36.0 Å². The molecule has 0 aromatic rings. The van der Waals surface area contributed by atoms with Gasteiger partial charge < -0.3 is 4.74 Å². The Morgan fingerprint density at radius 1 is 1.20 bits per heavy atom. The SMILES string of the molecule is C=C(C)CC[C@@H](C/C=C(/C)CCOC(=O)CC)C(=C)C. The van der Waals surface area contributed by atoms with Gasteiger partial charge in [-0.1, -0.05) is 36.3 Å². The Labute approximate surface area is 124 Å². The summed E-state index contributed by atoms with van der Waals surface area (Å²) in [7, 11) is 0. The van der Waals surface area contributed by atoms with E-state index in [0.717, 1.165) is 25.7 Å². The highest BCUT2D eigenvalue weighted by molar-refractivity contribution is 5.68. The van der Waals surface area contributed by atoms with Gasteiger partial charge in [0.2, 0.25) is 0 Å². The summed E-state index contributed by atoms with van der Waals surface area (Å²) in [5.41, 5.74) is 3.73. The van der Waals surface area contributed by atoms with Crippen molar-refractivity contribution in [3.63, 3.8) is 0 Å². The molecule has 0 saturated heterocycles. The zero-order chi connectivity index (χ0) is 15.5. The van der Waals surface area contributed by atoms with Crippen molar-refractivity contribution in [2.75, 3.05) is 6.61 Å². The fourth-order valence-corrected chi connectivity index (χ4v) is 1.86. The molecule has 0 spiro atoms. The van der Waals surface area contributed by atoms with Gasteiger partial charge in [-0.25, -0.2) is 0 Å². The molecular weight excluding hydrogens is 248 g/mol. The fraction of sp³-hybridized carbons (Fsp3) is 0.611. The molecule has 0 bridgehead atoms. The summed E-state index contributed by atoms with van der Waals surface area (Å²) in [6.45, 7) is 16.6. The first-order valence-corrected chi connectivity index (χ1v) is 7.47. The van der Waals surface area contributed by atoms with Crippen molar-refractivity contribution in [1.82, 2.24) is 0 Å². The highest BCUT2D eigenvalue weighted by atomic mass is 16.5. The normalized spacial score (nSPS) is 12.9. The minimum atomic E-state index is -0.126. The van der Waals surface area contributed by atoms with Crippen LogP contribution in [0, 0.1) is 5.92 Å². The Kier molecular flexibility index (Phi) is 9.79. The molecule has 2 heteroatoms. The zero-order valence-corrected chi connectivity index (χ0v) is 13.6. The molecule has 0 unspecified atom stereocenters. The lowest BCUT2D eigenvalue weighted by Crippen LogP contribution is -2.04. The summed E-state index contributed by atoms with van der Waals surface area (Å²) < 4.78 is 5.09. The maximum Gasteiger partial charge on any atom is 0.305 e. The summed E-state index contributed by atoms with van der Waals surface area (Å²) in [6.07, 6.45) is 6.68. The fourth-order valence-electron chi connectivity index (χ4n) is 1.86. The van der Waals surface area contributed by atoms with Crippen molar-refractivity contribution >= 4 is 5.97 Å². The molecule has 0 rings (SSSR count). The summed E-state index contributed by atoms with van der Waals surface area (Å²) in [5, 5.41) is 0. The summed E-state index contributed by atoms with van der Waals surface area (Å²) in [4.78, 5) is 11.0. The molecule has 2 nitrogen and oxygen atoms in total. The molecule has 0 heterocycles. The van der Waals surface area contributed by atoms with Crippen LogP contribution in [0.3, 0.4) is 0 Å². The van der Waals surface area contributed by atoms with Gasteiger partial charge >= 0.3 is 5.97 Å². The monoisotopic (exact) mass is 278 g/mol. The average Bonchev–Trinajstić information content (AvgIpc) is 2.37. The Bertz CT molecular complexity index is 364. The van der Waals surface area contributed by atoms with E-state index in [9.17, 15) is 4.79 Å². The molecule has 0 fully saturated rings.